The highest BCUT2D eigenvalue weighted by molar-refractivity contribution is 5.26. The molecule has 20 heavy (non-hydrogen) atoms. The Morgan fingerprint density at radius 1 is 1.30 bits per heavy atom. The Labute approximate surface area is 115 Å². The second kappa shape index (κ2) is 7.59. The zero-order chi connectivity index (χ0) is 15.2. The molecule has 2 N–H and O–H groups in total. The van der Waals surface area contributed by atoms with Crippen LogP contribution in [0, 0.1) is 0 Å². The van der Waals surface area contributed by atoms with Gasteiger partial charge in [-0.3, -0.25) is 0 Å². The minimum Gasteiger partial charge on any atom is -0.373 e. The summed E-state index contributed by atoms with van der Waals surface area (Å²) in [6.07, 6.45) is -1.85. The van der Waals surface area contributed by atoms with E-state index < -0.39 is 25.0 Å². The van der Waals surface area contributed by atoms with Crippen LogP contribution in [-0.2, 0) is 11.2 Å². The third-order valence-electron chi connectivity index (χ3n) is 2.83. The topological polar surface area (TPSA) is 35.2 Å². The summed E-state index contributed by atoms with van der Waals surface area (Å²) in [4.78, 5) is 0. The number of nitrogens with two attached hydrogens (primary N) is 1. The van der Waals surface area contributed by atoms with Crippen LogP contribution in [0.2, 0.25) is 0 Å². The molecule has 6 heteroatoms. The number of rotatable bonds is 8. The van der Waals surface area contributed by atoms with Gasteiger partial charge in [-0.1, -0.05) is 37.6 Å². The quantitative estimate of drug-likeness (QED) is 0.744. The van der Waals surface area contributed by atoms with Crippen LogP contribution in [0.25, 0.3) is 0 Å². The molecule has 1 rings (SSSR count). The van der Waals surface area contributed by atoms with Gasteiger partial charge in [0, 0.05) is 0 Å². The Bertz CT molecular complexity index is 412. The van der Waals surface area contributed by atoms with E-state index in [9.17, 15) is 17.6 Å². The summed E-state index contributed by atoms with van der Waals surface area (Å²) < 4.78 is 53.8. The lowest BCUT2D eigenvalue weighted by Crippen LogP contribution is -2.33. The Morgan fingerprint density at radius 2 is 2.00 bits per heavy atom. The molecule has 0 aliphatic rings. The zero-order valence-electron chi connectivity index (χ0n) is 11.3. The molecule has 0 heterocycles. The maximum absolute atomic E-state index is 12.6. The number of hydrogen-bond donors (Lipinski definition) is 1. The molecular weight excluding hydrogens is 274 g/mol. The van der Waals surface area contributed by atoms with Crippen LogP contribution in [0.3, 0.4) is 0 Å². The average molecular weight is 293 g/mol. The molecule has 0 radical (unpaired) electrons. The van der Waals surface area contributed by atoms with Crippen LogP contribution in [0.5, 0.6) is 0 Å². The fourth-order valence-corrected chi connectivity index (χ4v) is 1.75. The van der Waals surface area contributed by atoms with E-state index in [1.165, 1.54) is 0 Å². The van der Waals surface area contributed by atoms with Crippen molar-refractivity contribution >= 4 is 0 Å². The molecule has 0 fully saturated rings. The van der Waals surface area contributed by atoms with Gasteiger partial charge in [-0.05, 0) is 17.5 Å². The molecule has 2 nitrogen and oxygen atoms in total. The van der Waals surface area contributed by atoms with Crippen LogP contribution >= 0.6 is 0 Å². The van der Waals surface area contributed by atoms with Crippen molar-refractivity contribution in [3.05, 3.63) is 35.4 Å². The van der Waals surface area contributed by atoms with Crippen LogP contribution in [0.15, 0.2) is 24.3 Å². The lowest BCUT2D eigenvalue weighted by atomic mass is 10.0. The van der Waals surface area contributed by atoms with Gasteiger partial charge >= 0.3 is 12.3 Å². The van der Waals surface area contributed by atoms with Crippen molar-refractivity contribution in [3.8, 4) is 0 Å². The molecular formula is C14H19F4NO. The Kier molecular flexibility index (Phi) is 6.42. The molecule has 0 amide bonds. The highest BCUT2D eigenvalue weighted by Crippen LogP contribution is 2.23. The summed E-state index contributed by atoms with van der Waals surface area (Å²) >= 11 is 0. The van der Waals surface area contributed by atoms with E-state index in [-0.39, 0.29) is 6.61 Å². The Balaban J connectivity index is 2.50. The van der Waals surface area contributed by atoms with Gasteiger partial charge in [0.1, 0.15) is 6.61 Å². The van der Waals surface area contributed by atoms with E-state index in [1.54, 1.807) is 6.07 Å². The first-order valence-corrected chi connectivity index (χ1v) is 6.45. The molecule has 0 spiro atoms. The Morgan fingerprint density at radius 3 is 2.60 bits per heavy atom. The average Bonchev–Trinajstić information content (AvgIpc) is 2.39. The van der Waals surface area contributed by atoms with E-state index in [2.05, 4.69) is 4.74 Å². The summed E-state index contributed by atoms with van der Waals surface area (Å²) in [5.74, 6) is -4.14. The van der Waals surface area contributed by atoms with Crippen LogP contribution in [-0.4, -0.2) is 25.6 Å². The number of benzene rings is 1. The van der Waals surface area contributed by atoms with E-state index in [1.807, 2.05) is 25.1 Å². The van der Waals surface area contributed by atoms with Gasteiger partial charge in [-0.25, -0.2) is 8.78 Å². The van der Waals surface area contributed by atoms with Gasteiger partial charge in [0.05, 0.1) is 12.6 Å². The predicted octanol–water partition coefficient (Wildman–Crippen LogP) is 3.56. The SMILES string of the molecule is CCCc1cccc(C(N)COCC(F)(F)C(F)F)c1. The summed E-state index contributed by atoms with van der Waals surface area (Å²) in [7, 11) is 0. The fourth-order valence-electron chi connectivity index (χ4n) is 1.75. The molecule has 0 saturated carbocycles. The van der Waals surface area contributed by atoms with Gasteiger partial charge in [0.15, 0.2) is 0 Å². The standard InChI is InChI=1S/C14H19F4NO/c1-2-4-10-5-3-6-11(7-10)12(19)8-20-9-14(17,18)13(15)16/h3,5-7,12-13H,2,4,8-9,19H2,1H3. The minimum absolute atomic E-state index is 0.224. The van der Waals surface area contributed by atoms with Crippen molar-refractivity contribution in [2.75, 3.05) is 13.2 Å². The summed E-state index contributed by atoms with van der Waals surface area (Å²) in [6.45, 7) is 0.493. The molecule has 1 aromatic carbocycles. The van der Waals surface area contributed by atoms with Gasteiger partial charge in [0.25, 0.3) is 0 Å². The molecule has 1 aromatic rings. The first-order valence-electron chi connectivity index (χ1n) is 6.45. The van der Waals surface area contributed by atoms with Crippen molar-refractivity contribution in [1.82, 2.24) is 0 Å². The molecule has 1 unspecified atom stereocenters. The van der Waals surface area contributed by atoms with Gasteiger partial charge in [-0.2, -0.15) is 8.78 Å². The number of aryl methyl sites for hydroxylation is 1. The highest BCUT2D eigenvalue weighted by Gasteiger charge is 2.41. The fraction of sp³-hybridized carbons (Fsp3) is 0.571. The van der Waals surface area contributed by atoms with E-state index in [4.69, 9.17) is 5.73 Å². The number of alkyl halides is 4. The third-order valence-corrected chi connectivity index (χ3v) is 2.83. The van der Waals surface area contributed by atoms with Crippen molar-refractivity contribution < 1.29 is 22.3 Å². The number of halogens is 4. The maximum Gasteiger partial charge on any atom is 0.330 e. The summed E-state index contributed by atoms with van der Waals surface area (Å²) in [5, 5.41) is 0. The van der Waals surface area contributed by atoms with Gasteiger partial charge < -0.3 is 10.5 Å². The largest absolute Gasteiger partial charge is 0.373 e. The first kappa shape index (κ1) is 16.9. The highest BCUT2D eigenvalue weighted by atomic mass is 19.3. The maximum atomic E-state index is 12.6. The van der Waals surface area contributed by atoms with Crippen LogP contribution in [0.1, 0.15) is 30.5 Å². The van der Waals surface area contributed by atoms with Gasteiger partial charge in [0.2, 0.25) is 0 Å². The van der Waals surface area contributed by atoms with Crippen molar-refractivity contribution in [1.29, 1.82) is 0 Å². The molecule has 0 aliphatic carbocycles. The number of hydrogen-bond acceptors (Lipinski definition) is 2. The number of ether oxygens (including phenoxy) is 1. The lowest BCUT2D eigenvalue weighted by molar-refractivity contribution is -0.166. The first-order chi connectivity index (χ1) is 9.36. The van der Waals surface area contributed by atoms with E-state index in [0.29, 0.717) is 0 Å². The smallest absolute Gasteiger partial charge is 0.330 e. The van der Waals surface area contributed by atoms with E-state index >= 15 is 0 Å². The second-order valence-corrected chi connectivity index (χ2v) is 4.68. The molecule has 1 atom stereocenters. The lowest BCUT2D eigenvalue weighted by Gasteiger charge is -2.18. The second-order valence-electron chi connectivity index (χ2n) is 4.68. The Hall–Kier alpha value is -1.14. The van der Waals surface area contributed by atoms with Gasteiger partial charge in [-0.15, -0.1) is 0 Å². The van der Waals surface area contributed by atoms with Crippen molar-refractivity contribution in [3.63, 3.8) is 0 Å². The van der Waals surface area contributed by atoms with Crippen molar-refractivity contribution in [2.24, 2.45) is 5.73 Å². The molecule has 0 bridgehead atoms. The van der Waals surface area contributed by atoms with Crippen LogP contribution in [0.4, 0.5) is 17.6 Å². The van der Waals surface area contributed by atoms with E-state index in [0.717, 1.165) is 24.0 Å². The monoisotopic (exact) mass is 293 g/mol. The molecule has 114 valence electrons. The summed E-state index contributed by atoms with van der Waals surface area (Å²) in [5.41, 5.74) is 7.65. The molecule has 0 aliphatic heterocycles. The third kappa shape index (κ3) is 5.09. The van der Waals surface area contributed by atoms with Crippen LogP contribution < -0.4 is 5.73 Å². The molecule has 0 saturated heterocycles. The normalized spacial score (nSPS) is 13.8. The van der Waals surface area contributed by atoms with Crippen molar-refractivity contribution in [2.45, 2.75) is 38.2 Å². The minimum atomic E-state index is -4.14. The zero-order valence-corrected chi connectivity index (χ0v) is 11.3. The summed E-state index contributed by atoms with van der Waals surface area (Å²) in [6, 6.07) is 6.81. The molecule has 0 aromatic heterocycles. The predicted molar refractivity (Wildman–Crippen MR) is 69.1 cm³/mol.